The first-order chi connectivity index (χ1) is 16.1. The van der Waals surface area contributed by atoms with E-state index >= 15 is 0 Å². The van der Waals surface area contributed by atoms with Crippen LogP contribution >= 0.6 is 0 Å². The molecule has 0 saturated carbocycles. The molecule has 1 aliphatic heterocycles. The first kappa shape index (κ1) is 26.4. The number of rotatable bonds is 9. The van der Waals surface area contributed by atoms with Crippen LogP contribution in [0.2, 0.25) is 5.04 Å². The van der Waals surface area contributed by atoms with Gasteiger partial charge in [0.05, 0.1) is 32.3 Å². The second-order valence-corrected chi connectivity index (χ2v) is 14.5. The average Bonchev–Trinajstić information content (AvgIpc) is 3.15. The van der Waals surface area contributed by atoms with E-state index in [0.29, 0.717) is 13.0 Å². The summed E-state index contributed by atoms with van der Waals surface area (Å²) in [6.07, 6.45) is 4.41. The van der Waals surface area contributed by atoms with Crippen LogP contribution < -0.4 is 10.4 Å². The Kier molecular flexibility index (Phi) is 8.52. The van der Waals surface area contributed by atoms with E-state index in [1.807, 2.05) is 38.1 Å². The van der Waals surface area contributed by atoms with Crippen molar-refractivity contribution in [2.75, 3.05) is 13.7 Å². The van der Waals surface area contributed by atoms with E-state index < -0.39 is 20.2 Å². The van der Waals surface area contributed by atoms with Crippen molar-refractivity contribution in [1.29, 1.82) is 0 Å². The number of ether oxygens (including phenoxy) is 3. The number of carbonyl (C=O) groups excluding carboxylic acids is 1. The summed E-state index contributed by atoms with van der Waals surface area (Å²) in [6, 6.07) is 20.9. The molecule has 0 spiro atoms. The van der Waals surface area contributed by atoms with Crippen LogP contribution in [-0.4, -0.2) is 46.0 Å². The molecule has 0 amide bonds. The van der Waals surface area contributed by atoms with Crippen LogP contribution in [0, 0.1) is 0 Å². The van der Waals surface area contributed by atoms with Gasteiger partial charge in [-0.15, -0.1) is 0 Å². The highest BCUT2D eigenvalue weighted by molar-refractivity contribution is 6.99. The summed E-state index contributed by atoms with van der Waals surface area (Å²) in [4.78, 5) is 12.4. The third-order valence-corrected chi connectivity index (χ3v) is 11.2. The van der Waals surface area contributed by atoms with Gasteiger partial charge in [-0.2, -0.15) is 0 Å². The Morgan fingerprint density at radius 1 is 1.09 bits per heavy atom. The van der Waals surface area contributed by atoms with Gasteiger partial charge in [-0.05, 0) is 35.7 Å². The Bertz CT molecular complexity index is 910. The van der Waals surface area contributed by atoms with Crippen LogP contribution in [0.3, 0.4) is 0 Å². The van der Waals surface area contributed by atoms with Gasteiger partial charge in [-0.25, -0.2) is 0 Å². The van der Waals surface area contributed by atoms with Crippen LogP contribution in [0.4, 0.5) is 0 Å². The summed E-state index contributed by atoms with van der Waals surface area (Å²) >= 11 is 0. The predicted molar refractivity (Wildman–Crippen MR) is 138 cm³/mol. The number of benzene rings is 2. The maximum absolute atomic E-state index is 12.4. The monoisotopic (exact) mass is 482 g/mol. The van der Waals surface area contributed by atoms with Crippen LogP contribution in [0.25, 0.3) is 0 Å². The highest BCUT2D eigenvalue weighted by Crippen LogP contribution is 2.38. The lowest BCUT2D eigenvalue weighted by atomic mass is 10.2. The predicted octanol–water partition coefficient (Wildman–Crippen LogP) is 4.59. The molecule has 0 bridgehead atoms. The van der Waals surface area contributed by atoms with Crippen molar-refractivity contribution in [1.82, 2.24) is 0 Å². The van der Waals surface area contributed by atoms with E-state index in [4.69, 9.17) is 18.6 Å². The van der Waals surface area contributed by atoms with Crippen molar-refractivity contribution in [3.05, 3.63) is 72.8 Å². The Morgan fingerprint density at radius 3 is 2.09 bits per heavy atom. The van der Waals surface area contributed by atoms with Gasteiger partial charge >= 0.3 is 5.97 Å². The summed E-state index contributed by atoms with van der Waals surface area (Å²) in [7, 11) is -1.40. The lowest BCUT2D eigenvalue weighted by Crippen LogP contribution is -2.67. The third kappa shape index (κ3) is 6.24. The fraction of sp³-hybridized carbons (Fsp3) is 0.464. The Labute approximate surface area is 205 Å². The second kappa shape index (κ2) is 11.0. The molecule has 0 radical (unpaired) electrons. The molecule has 1 saturated heterocycles. The van der Waals surface area contributed by atoms with E-state index in [2.05, 4.69) is 69.3 Å². The first-order valence-electron chi connectivity index (χ1n) is 11.9. The van der Waals surface area contributed by atoms with Gasteiger partial charge in [0.1, 0.15) is 0 Å². The molecule has 2 aromatic carbocycles. The highest BCUT2D eigenvalue weighted by Gasteiger charge is 2.51. The normalized spacial score (nSPS) is 19.3. The van der Waals surface area contributed by atoms with Gasteiger partial charge < -0.3 is 18.6 Å². The first-order valence-corrected chi connectivity index (χ1v) is 13.8. The number of carbonyl (C=O) groups is 1. The Morgan fingerprint density at radius 2 is 1.65 bits per heavy atom. The second-order valence-electron chi connectivity index (χ2n) is 10.2. The van der Waals surface area contributed by atoms with E-state index in [0.717, 1.165) is 0 Å². The smallest absolute Gasteiger partial charge is 0.308 e. The molecule has 0 aromatic heterocycles. The minimum atomic E-state index is -2.81. The van der Waals surface area contributed by atoms with E-state index in [-0.39, 0.29) is 23.5 Å². The Balaban J connectivity index is 1.98. The summed E-state index contributed by atoms with van der Waals surface area (Å²) in [5, 5.41) is 2.15. The molecule has 184 valence electrons. The molecule has 6 heteroatoms. The third-order valence-electron chi connectivity index (χ3n) is 6.16. The molecule has 0 unspecified atom stereocenters. The number of esters is 1. The standard InChI is InChI=1S/C28H38O5Si/c1-27(2,3)34(24-16-9-7-10-17-24,25-18-11-8-12-19-25)33-22(20-26(29)30-6)14-13-15-23-21-31-28(4,5)32-23/h7-14,16-19,22-23H,15,20-21H2,1-6H3/b14-13+/t22-,23-/m0/s1. The van der Waals surface area contributed by atoms with Crippen molar-refractivity contribution < 1.29 is 23.4 Å². The van der Waals surface area contributed by atoms with Crippen molar-refractivity contribution >= 4 is 24.7 Å². The van der Waals surface area contributed by atoms with Crippen molar-refractivity contribution in [2.24, 2.45) is 0 Å². The zero-order chi connectivity index (χ0) is 24.8. The summed E-state index contributed by atoms with van der Waals surface area (Å²) in [5.74, 6) is -0.857. The minimum absolute atomic E-state index is 0.0158. The van der Waals surface area contributed by atoms with Gasteiger partial charge in [0.25, 0.3) is 8.32 Å². The van der Waals surface area contributed by atoms with Crippen molar-refractivity contribution in [3.63, 3.8) is 0 Å². The van der Waals surface area contributed by atoms with Crippen LogP contribution in [-0.2, 0) is 23.4 Å². The zero-order valence-electron chi connectivity index (χ0n) is 21.2. The minimum Gasteiger partial charge on any atom is -0.469 e. The van der Waals surface area contributed by atoms with Crippen LogP contribution in [0.1, 0.15) is 47.5 Å². The van der Waals surface area contributed by atoms with Gasteiger partial charge in [-0.1, -0.05) is 93.6 Å². The molecule has 3 rings (SSSR count). The summed E-state index contributed by atoms with van der Waals surface area (Å²) in [5.41, 5.74) is 0. The van der Waals surface area contributed by atoms with E-state index in [1.165, 1.54) is 17.5 Å². The molecule has 2 aromatic rings. The Hall–Kier alpha value is -2.25. The molecular weight excluding hydrogens is 444 g/mol. The molecular formula is C28H38O5Si. The maximum Gasteiger partial charge on any atom is 0.308 e. The van der Waals surface area contributed by atoms with Gasteiger partial charge in [0.2, 0.25) is 0 Å². The molecule has 1 aliphatic rings. The quantitative estimate of drug-likeness (QED) is 0.297. The maximum atomic E-state index is 12.4. The fourth-order valence-electron chi connectivity index (χ4n) is 4.58. The highest BCUT2D eigenvalue weighted by atomic mass is 28.4. The lowest BCUT2D eigenvalue weighted by molar-refractivity contribution is -0.142. The number of methoxy groups -OCH3 is 1. The summed E-state index contributed by atoms with van der Waals surface area (Å²) in [6.45, 7) is 11.1. The fourth-order valence-corrected chi connectivity index (χ4v) is 9.21. The molecule has 0 aliphatic carbocycles. The zero-order valence-corrected chi connectivity index (χ0v) is 22.2. The van der Waals surface area contributed by atoms with E-state index in [1.54, 1.807) is 0 Å². The summed E-state index contributed by atoms with van der Waals surface area (Å²) < 4.78 is 23.8. The van der Waals surface area contributed by atoms with E-state index in [9.17, 15) is 4.79 Å². The molecule has 5 nitrogen and oxygen atoms in total. The molecule has 34 heavy (non-hydrogen) atoms. The molecule has 0 N–H and O–H groups in total. The number of hydrogen-bond acceptors (Lipinski definition) is 5. The van der Waals surface area contributed by atoms with Crippen molar-refractivity contribution in [3.8, 4) is 0 Å². The average molecular weight is 483 g/mol. The molecule has 1 fully saturated rings. The van der Waals surface area contributed by atoms with Crippen molar-refractivity contribution in [2.45, 2.75) is 70.5 Å². The van der Waals surface area contributed by atoms with Crippen LogP contribution in [0.15, 0.2) is 72.8 Å². The lowest BCUT2D eigenvalue weighted by Gasteiger charge is -2.44. The van der Waals surface area contributed by atoms with Gasteiger partial charge in [0, 0.05) is 0 Å². The largest absolute Gasteiger partial charge is 0.469 e. The van der Waals surface area contributed by atoms with Crippen LogP contribution in [0.5, 0.6) is 0 Å². The molecule has 2 atom stereocenters. The topological polar surface area (TPSA) is 54.0 Å². The van der Waals surface area contributed by atoms with Gasteiger partial charge in [-0.3, -0.25) is 4.79 Å². The number of hydrogen-bond donors (Lipinski definition) is 0. The molecule has 1 heterocycles. The van der Waals surface area contributed by atoms with Gasteiger partial charge in [0.15, 0.2) is 5.79 Å². The SMILES string of the molecule is COC(=O)C[C@H](/C=C/C[C@H]1COC(C)(C)O1)O[Si](c1ccccc1)(c1ccccc1)C(C)(C)C.